The van der Waals surface area contributed by atoms with Crippen LogP contribution in [0.4, 0.5) is 10.1 Å². The fourth-order valence-electron chi connectivity index (χ4n) is 4.01. The van der Waals surface area contributed by atoms with Crippen LogP contribution in [0.5, 0.6) is 0 Å². The van der Waals surface area contributed by atoms with Crippen LogP contribution in [0.15, 0.2) is 48.5 Å². The molecule has 2 heterocycles. The Morgan fingerprint density at radius 2 is 1.74 bits per heavy atom. The molecule has 3 N–H and O–H groups in total. The third kappa shape index (κ3) is 4.91. The highest BCUT2D eigenvalue weighted by Crippen LogP contribution is 2.25. The number of primary amides is 1. The van der Waals surface area contributed by atoms with Crippen molar-refractivity contribution in [1.82, 2.24) is 14.8 Å². The van der Waals surface area contributed by atoms with E-state index in [1.807, 2.05) is 11.6 Å². The van der Waals surface area contributed by atoms with E-state index in [1.54, 1.807) is 6.92 Å². The molecule has 0 aliphatic rings. The van der Waals surface area contributed by atoms with Crippen molar-refractivity contribution in [3.63, 3.8) is 0 Å². The number of nitrogens with zero attached hydrogens (tertiary/aromatic N) is 3. The van der Waals surface area contributed by atoms with Crippen LogP contribution in [0.1, 0.15) is 64.1 Å². The Morgan fingerprint density at radius 3 is 2.37 bits per heavy atom. The van der Waals surface area contributed by atoms with Crippen molar-refractivity contribution in [2.24, 2.45) is 5.73 Å². The first kappa shape index (κ1) is 24.1. The summed E-state index contributed by atoms with van der Waals surface area (Å²) in [6, 6.07) is 13.5. The van der Waals surface area contributed by atoms with Gasteiger partial charge >= 0.3 is 0 Å². The normalized spacial score (nSPS) is 11.6. The molecule has 0 saturated carbocycles. The lowest BCUT2D eigenvalue weighted by molar-refractivity contribution is 0.100. The number of pyridine rings is 1. The standard InChI is InChI=1S/C27H28FN5O2/c1-15-24(16(2)33(32-15)14-17-6-8-18(9-7-17)27(3,4)5)31-26(35)23-13-21(25(29)34)20-11-10-19(28)12-22(20)30-23/h6-13H,14H2,1-5H3,(H2,29,34)(H,31,35). The predicted octanol–water partition coefficient (Wildman–Crippen LogP) is 4.88. The number of hydrogen-bond acceptors (Lipinski definition) is 4. The number of hydrogen-bond donors (Lipinski definition) is 2. The number of aromatic nitrogens is 3. The van der Waals surface area contributed by atoms with Gasteiger partial charge in [-0.05, 0) is 48.6 Å². The number of rotatable bonds is 5. The number of benzene rings is 2. The molecule has 2 aromatic heterocycles. The zero-order valence-electron chi connectivity index (χ0n) is 20.4. The summed E-state index contributed by atoms with van der Waals surface area (Å²) < 4.78 is 15.6. The van der Waals surface area contributed by atoms with Gasteiger partial charge in [0.1, 0.15) is 11.5 Å². The summed E-state index contributed by atoms with van der Waals surface area (Å²) in [5.74, 6) is -1.80. The second-order valence-electron chi connectivity index (χ2n) is 9.69. The Hall–Kier alpha value is -4.07. The first-order chi connectivity index (χ1) is 16.4. The van der Waals surface area contributed by atoms with Crippen LogP contribution >= 0.6 is 0 Å². The fraction of sp³-hybridized carbons (Fsp3) is 0.259. The van der Waals surface area contributed by atoms with Crippen molar-refractivity contribution in [3.8, 4) is 0 Å². The Morgan fingerprint density at radius 1 is 1.06 bits per heavy atom. The molecule has 0 radical (unpaired) electrons. The van der Waals surface area contributed by atoms with E-state index in [2.05, 4.69) is 60.4 Å². The van der Waals surface area contributed by atoms with Crippen LogP contribution in [0, 0.1) is 19.7 Å². The molecule has 2 aromatic carbocycles. The van der Waals surface area contributed by atoms with Crippen molar-refractivity contribution < 1.29 is 14.0 Å². The number of aryl methyl sites for hydroxylation is 1. The molecule has 0 fully saturated rings. The average Bonchev–Trinajstić information content (AvgIpc) is 3.05. The molecule has 0 atom stereocenters. The van der Waals surface area contributed by atoms with Gasteiger partial charge < -0.3 is 11.1 Å². The van der Waals surface area contributed by atoms with E-state index in [-0.39, 0.29) is 22.2 Å². The smallest absolute Gasteiger partial charge is 0.274 e. The van der Waals surface area contributed by atoms with Gasteiger partial charge in [0.15, 0.2) is 0 Å². The van der Waals surface area contributed by atoms with E-state index >= 15 is 0 Å². The summed E-state index contributed by atoms with van der Waals surface area (Å²) in [5, 5.41) is 7.82. The van der Waals surface area contributed by atoms with Crippen molar-refractivity contribution in [3.05, 3.63) is 88.1 Å². The number of nitrogens with two attached hydrogens (primary N) is 1. The molecule has 0 aliphatic carbocycles. The Kier molecular flexibility index (Phi) is 6.15. The number of halogens is 1. The second-order valence-corrected chi connectivity index (χ2v) is 9.69. The van der Waals surface area contributed by atoms with Crippen molar-refractivity contribution in [2.45, 2.75) is 46.6 Å². The van der Waals surface area contributed by atoms with Gasteiger partial charge in [0, 0.05) is 11.5 Å². The van der Waals surface area contributed by atoms with Gasteiger partial charge in [-0.1, -0.05) is 45.0 Å². The van der Waals surface area contributed by atoms with Crippen LogP contribution < -0.4 is 11.1 Å². The molecule has 7 nitrogen and oxygen atoms in total. The molecule has 2 amide bonds. The monoisotopic (exact) mass is 473 g/mol. The Bertz CT molecular complexity index is 1450. The summed E-state index contributed by atoms with van der Waals surface area (Å²) in [6.07, 6.45) is 0. The average molecular weight is 474 g/mol. The number of nitrogens with one attached hydrogen (secondary N) is 1. The molecule has 0 saturated heterocycles. The zero-order chi connectivity index (χ0) is 25.5. The molecule has 35 heavy (non-hydrogen) atoms. The van der Waals surface area contributed by atoms with Gasteiger partial charge in [-0.3, -0.25) is 14.3 Å². The van der Waals surface area contributed by atoms with E-state index in [4.69, 9.17) is 5.73 Å². The van der Waals surface area contributed by atoms with E-state index in [1.165, 1.54) is 23.8 Å². The van der Waals surface area contributed by atoms with E-state index < -0.39 is 17.6 Å². The quantitative estimate of drug-likeness (QED) is 0.431. The first-order valence-corrected chi connectivity index (χ1v) is 11.3. The summed E-state index contributed by atoms with van der Waals surface area (Å²) in [4.78, 5) is 29.3. The first-order valence-electron chi connectivity index (χ1n) is 11.3. The number of anilines is 1. The molecule has 180 valence electrons. The number of fused-ring (bicyclic) bond motifs is 1. The lowest BCUT2D eigenvalue weighted by atomic mass is 9.87. The molecule has 4 aromatic rings. The number of amides is 2. The number of carbonyl (C=O) groups is 2. The minimum atomic E-state index is -0.726. The summed E-state index contributed by atoms with van der Waals surface area (Å²) >= 11 is 0. The molecule has 0 unspecified atom stereocenters. The second kappa shape index (κ2) is 8.94. The number of carbonyl (C=O) groups excluding carboxylic acids is 2. The molecular formula is C27H28FN5O2. The van der Waals surface area contributed by atoms with Gasteiger partial charge in [-0.15, -0.1) is 0 Å². The minimum absolute atomic E-state index is 0.0405. The van der Waals surface area contributed by atoms with Gasteiger partial charge in [0.2, 0.25) is 5.91 Å². The van der Waals surface area contributed by atoms with Gasteiger partial charge in [0.25, 0.3) is 5.91 Å². The lowest BCUT2D eigenvalue weighted by Gasteiger charge is -2.19. The van der Waals surface area contributed by atoms with Crippen LogP contribution in [-0.4, -0.2) is 26.6 Å². The molecule has 0 aliphatic heterocycles. The van der Waals surface area contributed by atoms with E-state index in [0.717, 1.165) is 17.3 Å². The van der Waals surface area contributed by atoms with E-state index in [9.17, 15) is 14.0 Å². The molecule has 8 heteroatoms. The maximum atomic E-state index is 13.7. The van der Waals surface area contributed by atoms with Crippen molar-refractivity contribution in [2.75, 3.05) is 5.32 Å². The SMILES string of the molecule is Cc1nn(Cc2ccc(C(C)(C)C)cc2)c(C)c1NC(=O)c1cc(C(N)=O)c2ccc(F)cc2n1. The van der Waals surface area contributed by atoms with Gasteiger partial charge in [-0.25, -0.2) is 9.37 Å². The van der Waals surface area contributed by atoms with E-state index in [0.29, 0.717) is 23.3 Å². The molecule has 0 spiro atoms. The largest absolute Gasteiger partial charge is 0.366 e. The molecular weight excluding hydrogens is 445 g/mol. The highest BCUT2D eigenvalue weighted by Gasteiger charge is 2.20. The summed E-state index contributed by atoms with van der Waals surface area (Å²) in [7, 11) is 0. The molecule has 0 bridgehead atoms. The third-order valence-corrected chi connectivity index (χ3v) is 6.04. The minimum Gasteiger partial charge on any atom is -0.366 e. The third-order valence-electron chi connectivity index (χ3n) is 6.04. The van der Waals surface area contributed by atoms with Crippen molar-refractivity contribution in [1.29, 1.82) is 0 Å². The van der Waals surface area contributed by atoms with Crippen LogP contribution in [0.2, 0.25) is 0 Å². The van der Waals surface area contributed by atoms with Gasteiger partial charge in [-0.2, -0.15) is 5.10 Å². The topological polar surface area (TPSA) is 103 Å². The highest BCUT2D eigenvalue weighted by molar-refractivity contribution is 6.10. The Labute approximate surface area is 203 Å². The maximum Gasteiger partial charge on any atom is 0.274 e. The van der Waals surface area contributed by atoms with Gasteiger partial charge in [0.05, 0.1) is 34.7 Å². The predicted molar refractivity (Wildman–Crippen MR) is 134 cm³/mol. The summed E-state index contributed by atoms with van der Waals surface area (Å²) in [5.41, 5.74) is 10.1. The van der Waals surface area contributed by atoms with Crippen LogP contribution in [-0.2, 0) is 12.0 Å². The lowest BCUT2D eigenvalue weighted by Crippen LogP contribution is -2.18. The van der Waals surface area contributed by atoms with Crippen LogP contribution in [0.25, 0.3) is 10.9 Å². The fourth-order valence-corrected chi connectivity index (χ4v) is 4.01. The van der Waals surface area contributed by atoms with Crippen LogP contribution in [0.3, 0.4) is 0 Å². The molecule has 4 rings (SSSR count). The highest BCUT2D eigenvalue weighted by atomic mass is 19.1. The maximum absolute atomic E-state index is 13.7. The van der Waals surface area contributed by atoms with Crippen molar-refractivity contribution >= 4 is 28.4 Å². The Balaban J connectivity index is 1.61. The zero-order valence-corrected chi connectivity index (χ0v) is 20.4. The summed E-state index contributed by atoms with van der Waals surface area (Å²) in [6.45, 7) is 10.7.